The van der Waals surface area contributed by atoms with Crippen molar-refractivity contribution in [2.24, 2.45) is 11.8 Å². The number of halogens is 3. The zero-order chi connectivity index (χ0) is 7.94. The summed E-state index contributed by atoms with van der Waals surface area (Å²) in [5.74, 6) is -0.503. The normalized spacial score (nSPS) is 35.7. The van der Waals surface area contributed by atoms with E-state index in [1.165, 1.54) is 0 Å². The van der Waals surface area contributed by atoms with Crippen LogP contribution in [0.5, 0.6) is 0 Å². The van der Waals surface area contributed by atoms with E-state index < -0.39 is 18.2 Å². The largest absolute Gasteiger partial charge is 0.414 e. The molecule has 0 amide bonds. The lowest BCUT2D eigenvalue weighted by atomic mass is 10.2. The summed E-state index contributed by atoms with van der Waals surface area (Å²) in [5, 5.41) is 8.57. The molecule has 1 fully saturated rings. The van der Waals surface area contributed by atoms with Crippen molar-refractivity contribution < 1.29 is 18.3 Å². The van der Waals surface area contributed by atoms with Crippen molar-refractivity contribution >= 4 is 0 Å². The second-order valence-corrected chi connectivity index (χ2v) is 2.86. The summed E-state index contributed by atoms with van der Waals surface area (Å²) < 4.78 is 35.0. The third-order valence-electron chi connectivity index (χ3n) is 1.91. The van der Waals surface area contributed by atoms with Gasteiger partial charge in [-0.1, -0.05) is 6.92 Å². The van der Waals surface area contributed by atoms with Gasteiger partial charge in [0, 0.05) is 0 Å². The molecular formula is C6H9F3O. The second-order valence-electron chi connectivity index (χ2n) is 2.86. The maximum Gasteiger partial charge on any atom is 0.414 e. The van der Waals surface area contributed by atoms with Gasteiger partial charge >= 0.3 is 6.18 Å². The second kappa shape index (κ2) is 2.12. The molecule has 0 aliphatic heterocycles. The number of hydrogen-bond acceptors (Lipinski definition) is 1. The van der Waals surface area contributed by atoms with Gasteiger partial charge in [0.1, 0.15) is 0 Å². The number of rotatable bonds is 1. The highest BCUT2D eigenvalue weighted by molar-refractivity contribution is 4.91. The van der Waals surface area contributed by atoms with E-state index in [1.807, 2.05) is 0 Å². The summed E-state index contributed by atoms with van der Waals surface area (Å²) >= 11 is 0. The molecule has 0 aromatic rings. The van der Waals surface area contributed by atoms with Crippen LogP contribution >= 0.6 is 0 Å². The Kier molecular flexibility index (Phi) is 1.66. The lowest BCUT2D eigenvalue weighted by Crippen LogP contribution is -2.30. The highest BCUT2D eigenvalue weighted by Crippen LogP contribution is 2.45. The lowest BCUT2D eigenvalue weighted by molar-refractivity contribution is -0.210. The van der Waals surface area contributed by atoms with E-state index in [0.29, 0.717) is 6.42 Å². The van der Waals surface area contributed by atoms with Crippen molar-refractivity contribution in [1.82, 2.24) is 0 Å². The van der Waals surface area contributed by atoms with Gasteiger partial charge < -0.3 is 5.11 Å². The summed E-state index contributed by atoms with van der Waals surface area (Å²) in [6, 6.07) is 0. The van der Waals surface area contributed by atoms with E-state index in [-0.39, 0.29) is 5.92 Å². The zero-order valence-electron chi connectivity index (χ0n) is 5.52. The van der Waals surface area contributed by atoms with Crippen LogP contribution < -0.4 is 0 Å². The highest BCUT2D eigenvalue weighted by Gasteiger charge is 2.51. The molecule has 1 nitrogen and oxygen atoms in total. The van der Waals surface area contributed by atoms with Crippen LogP contribution in [-0.4, -0.2) is 17.4 Å². The molecule has 0 aromatic carbocycles. The van der Waals surface area contributed by atoms with Crippen molar-refractivity contribution in [2.45, 2.75) is 25.6 Å². The molecule has 0 saturated heterocycles. The predicted molar refractivity (Wildman–Crippen MR) is 29.3 cm³/mol. The fourth-order valence-corrected chi connectivity index (χ4v) is 1.03. The van der Waals surface area contributed by atoms with Crippen molar-refractivity contribution in [1.29, 1.82) is 0 Å². The lowest BCUT2D eigenvalue weighted by Gasteiger charge is -2.12. The van der Waals surface area contributed by atoms with Crippen LogP contribution in [-0.2, 0) is 0 Å². The molecule has 0 bridgehead atoms. The van der Waals surface area contributed by atoms with Gasteiger partial charge in [-0.2, -0.15) is 13.2 Å². The van der Waals surface area contributed by atoms with Gasteiger partial charge in [0.15, 0.2) is 6.10 Å². The highest BCUT2D eigenvalue weighted by atomic mass is 19.4. The molecule has 1 aliphatic carbocycles. The van der Waals surface area contributed by atoms with Crippen molar-refractivity contribution in [2.75, 3.05) is 0 Å². The van der Waals surface area contributed by atoms with E-state index in [0.717, 1.165) is 0 Å². The molecule has 1 N–H and O–H groups in total. The molecule has 60 valence electrons. The van der Waals surface area contributed by atoms with Gasteiger partial charge in [0.25, 0.3) is 0 Å². The third kappa shape index (κ3) is 1.42. The summed E-state index contributed by atoms with van der Waals surface area (Å²) in [6.45, 7) is 1.71. The van der Waals surface area contributed by atoms with Crippen LogP contribution in [0.2, 0.25) is 0 Å². The molecule has 2 unspecified atom stereocenters. The monoisotopic (exact) mass is 154 g/mol. The molecule has 10 heavy (non-hydrogen) atoms. The SMILES string of the molecule is CC1CC1[C@@H](O)C(F)(F)F. The Morgan fingerprint density at radius 1 is 1.50 bits per heavy atom. The molecular weight excluding hydrogens is 145 g/mol. The van der Waals surface area contributed by atoms with E-state index in [4.69, 9.17) is 5.11 Å². The smallest absolute Gasteiger partial charge is 0.383 e. The molecule has 3 atom stereocenters. The Balaban J connectivity index is 2.42. The van der Waals surface area contributed by atoms with Gasteiger partial charge in [-0.3, -0.25) is 0 Å². The average Bonchev–Trinajstić information content (AvgIpc) is 2.42. The average molecular weight is 154 g/mol. The Bertz CT molecular complexity index is 131. The minimum atomic E-state index is -4.42. The first kappa shape index (κ1) is 7.85. The van der Waals surface area contributed by atoms with Gasteiger partial charge in [0.05, 0.1) is 0 Å². The first-order valence-electron chi connectivity index (χ1n) is 3.17. The Morgan fingerprint density at radius 2 is 1.90 bits per heavy atom. The minimum absolute atomic E-state index is 0.0385. The van der Waals surface area contributed by atoms with E-state index >= 15 is 0 Å². The summed E-state index contributed by atoms with van der Waals surface area (Å²) in [5.41, 5.74) is 0. The molecule has 0 radical (unpaired) electrons. The molecule has 1 saturated carbocycles. The van der Waals surface area contributed by atoms with Gasteiger partial charge in [0.2, 0.25) is 0 Å². The topological polar surface area (TPSA) is 20.2 Å². The molecule has 0 heterocycles. The molecule has 0 aromatic heterocycles. The Hall–Kier alpha value is -0.250. The molecule has 0 spiro atoms. The quantitative estimate of drug-likeness (QED) is 0.607. The first-order valence-corrected chi connectivity index (χ1v) is 3.17. The van der Waals surface area contributed by atoms with Crippen LogP contribution in [0, 0.1) is 11.8 Å². The fraction of sp³-hybridized carbons (Fsp3) is 1.00. The maximum absolute atomic E-state index is 11.7. The van der Waals surface area contributed by atoms with Crippen LogP contribution in [0.25, 0.3) is 0 Å². The Labute approximate surface area is 56.8 Å². The van der Waals surface area contributed by atoms with Crippen molar-refractivity contribution in [3.8, 4) is 0 Å². The van der Waals surface area contributed by atoms with Crippen LogP contribution in [0.15, 0.2) is 0 Å². The van der Waals surface area contributed by atoms with Crippen LogP contribution in [0.4, 0.5) is 13.2 Å². The van der Waals surface area contributed by atoms with Crippen LogP contribution in [0.3, 0.4) is 0 Å². The van der Waals surface area contributed by atoms with Gasteiger partial charge in [-0.05, 0) is 18.3 Å². The van der Waals surface area contributed by atoms with Crippen molar-refractivity contribution in [3.63, 3.8) is 0 Å². The van der Waals surface area contributed by atoms with E-state index in [9.17, 15) is 13.2 Å². The van der Waals surface area contributed by atoms with E-state index in [2.05, 4.69) is 0 Å². The van der Waals surface area contributed by atoms with Crippen LogP contribution in [0.1, 0.15) is 13.3 Å². The van der Waals surface area contributed by atoms with Crippen molar-refractivity contribution in [3.05, 3.63) is 0 Å². The molecule has 1 aliphatic rings. The first-order chi connectivity index (χ1) is 4.43. The number of aliphatic hydroxyl groups excluding tert-OH is 1. The number of aliphatic hydroxyl groups is 1. The summed E-state index contributed by atoms with van der Waals surface area (Å²) in [4.78, 5) is 0. The molecule has 4 heteroatoms. The Morgan fingerprint density at radius 3 is 2.00 bits per heavy atom. The van der Waals surface area contributed by atoms with Gasteiger partial charge in [-0.15, -0.1) is 0 Å². The predicted octanol–water partition coefficient (Wildman–Crippen LogP) is 1.57. The fourth-order valence-electron chi connectivity index (χ4n) is 1.03. The number of alkyl halides is 3. The maximum atomic E-state index is 11.7. The van der Waals surface area contributed by atoms with Gasteiger partial charge in [-0.25, -0.2) is 0 Å². The number of hydrogen-bond donors (Lipinski definition) is 1. The third-order valence-corrected chi connectivity index (χ3v) is 1.91. The molecule has 1 rings (SSSR count). The summed E-state index contributed by atoms with van der Waals surface area (Å²) in [7, 11) is 0. The van der Waals surface area contributed by atoms with E-state index in [1.54, 1.807) is 6.92 Å². The standard InChI is InChI=1S/C6H9F3O/c1-3-2-4(3)5(10)6(7,8)9/h3-5,10H,2H2,1H3/t3?,4?,5-/m1/s1. The zero-order valence-corrected chi connectivity index (χ0v) is 5.52. The summed E-state index contributed by atoms with van der Waals surface area (Å²) in [6.07, 6.45) is -6.02. The minimum Gasteiger partial charge on any atom is -0.383 e.